The van der Waals surface area contributed by atoms with Crippen molar-refractivity contribution in [1.29, 1.82) is 0 Å². The van der Waals surface area contributed by atoms with Crippen LogP contribution in [0.15, 0.2) is 82.6 Å². The fraction of sp³-hybridized carbons (Fsp3) is 0.100. The van der Waals surface area contributed by atoms with Crippen molar-refractivity contribution >= 4 is 31.4 Å². The number of anilines is 2. The van der Waals surface area contributed by atoms with Gasteiger partial charge in [-0.2, -0.15) is 0 Å². The van der Waals surface area contributed by atoms with Crippen molar-refractivity contribution in [3.8, 4) is 0 Å². The van der Waals surface area contributed by atoms with Crippen LogP contribution in [-0.2, 0) is 20.0 Å². The summed E-state index contributed by atoms with van der Waals surface area (Å²) in [5.41, 5.74) is 2.80. The van der Waals surface area contributed by atoms with Gasteiger partial charge in [0.25, 0.3) is 20.0 Å². The smallest absolute Gasteiger partial charge is 0.261 e. The Morgan fingerprint density at radius 1 is 0.571 bits per heavy atom. The topological polar surface area (TPSA) is 92.3 Å². The van der Waals surface area contributed by atoms with Gasteiger partial charge < -0.3 is 0 Å². The lowest BCUT2D eigenvalue weighted by atomic mass is 10.2. The second kappa shape index (κ2) is 7.65. The van der Waals surface area contributed by atoms with Crippen molar-refractivity contribution in [3.05, 3.63) is 83.9 Å². The van der Waals surface area contributed by atoms with Crippen molar-refractivity contribution in [2.24, 2.45) is 0 Å². The average Bonchev–Trinajstić information content (AvgIpc) is 2.65. The summed E-state index contributed by atoms with van der Waals surface area (Å²) >= 11 is 0. The van der Waals surface area contributed by atoms with Gasteiger partial charge >= 0.3 is 0 Å². The van der Waals surface area contributed by atoms with E-state index in [-0.39, 0.29) is 9.79 Å². The van der Waals surface area contributed by atoms with E-state index in [1.807, 2.05) is 13.8 Å². The summed E-state index contributed by atoms with van der Waals surface area (Å²) < 4.78 is 55.4. The maximum absolute atomic E-state index is 12.6. The van der Waals surface area contributed by atoms with Crippen LogP contribution in [0.5, 0.6) is 0 Å². The van der Waals surface area contributed by atoms with Crippen LogP contribution < -0.4 is 9.44 Å². The number of aryl methyl sites for hydroxylation is 2. The molecular formula is C20H20N2O4S2. The minimum absolute atomic E-state index is 0.139. The fourth-order valence-corrected chi connectivity index (χ4v) is 4.76. The Labute approximate surface area is 165 Å². The third-order valence-corrected chi connectivity index (χ3v) is 6.79. The highest BCUT2D eigenvalue weighted by atomic mass is 32.2. The van der Waals surface area contributed by atoms with Crippen LogP contribution in [-0.4, -0.2) is 16.8 Å². The van der Waals surface area contributed by atoms with Crippen LogP contribution >= 0.6 is 0 Å². The van der Waals surface area contributed by atoms with Gasteiger partial charge in [-0.1, -0.05) is 41.5 Å². The highest BCUT2D eigenvalue weighted by Gasteiger charge is 2.20. The zero-order valence-corrected chi connectivity index (χ0v) is 17.0. The van der Waals surface area contributed by atoms with Crippen LogP contribution in [0.4, 0.5) is 11.4 Å². The van der Waals surface area contributed by atoms with E-state index in [0.29, 0.717) is 11.4 Å². The molecule has 0 saturated heterocycles. The molecule has 0 amide bonds. The largest absolute Gasteiger partial charge is 0.280 e. The van der Waals surface area contributed by atoms with E-state index in [1.165, 1.54) is 18.2 Å². The summed E-state index contributed by atoms with van der Waals surface area (Å²) in [5.74, 6) is 0. The predicted molar refractivity (Wildman–Crippen MR) is 110 cm³/mol. The quantitative estimate of drug-likeness (QED) is 0.637. The molecule has 3 rings (SSSR count). The first-order valence-corrected chi connectivity index (χ1v) is 11.4. The van der Waals surface area contributed by atoms with E-state index in [2.05, 4.69) is 9.44 Å². The first-order valence-electron chi connectivity index (χ1n) is 8.45. The van der Waals surface area contributed by atoms with Crippen molar-refractivity contribution in [2.45, 2.75) is 23.6 Å². The number of rotatable bonds is 6. The number of nitrogens with one attached hydrogen (secondary N) is 2. The molecule has 0 aliphatic carbocycles. The molecule has 0 heterocycles. The van der Waals surface area contributed by atoms with Crippen molar-refractivity contribution < 1.29 is 16.8 Å². The highest BCUT2D eigenvalue weighted by Crippen LogP contribution is 2.22. The van der Waals surface area contributed by atoms with E-state index in [4.69, 9.17) is 0 Å². The molecule has 2 N–H and O–H groups in total. The highest BCUT2D eigenvalue weighted by molar-refractivity contribution is 7.93. The van der Waals surface area contributed by atoms with E-state index in [9.17, 15) is 16.8 Å². The van der Waals surface area contributed by atoms with E-state index < -0.39 is 20.0 Å². The van der Waals surface area contributed by atoms with Crippen LogP contribution in [0.3, 0.4) is 0 Å². The Kier molecular flexibility index (Phi) is 5.44. The Balaban J connectivity index is 1.88. The lowest BCUT2D eigenvalue weighted by molar-refractivity contribution is 0.599. The summed E-state index contributed by atoms with van der Waals surface area (Å²) in [7, 11) is -7.86. The Morgan fingerprint density at radius 2 is 0.929 bits per heavy atom. The van der Waals surface area contributed by atoms with Gasteiger partial charge in [0, 0.05) is 11.4 Å². The molecule has 0 radical (unpaired) electrons. The fourth-order valence-electron chi connectivity index (χ4n) is 2.48. The normalized spacial score (nSPS) is 11.8. The average molecular weight is 417 g/mol. The molecule has 28 heavy (non-hydrogen) atoms. The summed E-state index contributed by atoms with van der Waals surface area (Å²) in [5, 5.41) is 0. The van der Waals surface area contributed by atoms with E-state index in [1.54, 1.807) is 48.5 Å². The summed E-state index contributed by atoms with van der Waals surface area (Å²) in [6.45, 7) is 3.79. The summed E-state index contributed by atoms with van der Waals surface area (Å²) in [6, 6.07) is 18.9. The molecule has 3 aromatic rings. The maximum Gasteiger partial charge on any atom is 0.261 e. The molecule has 0 aliphatic rings. The number of hydrogen-bond acceptors (Lipinski definition) is 4. The third kappa shape index (κ3) is 4.71. The second-order valence-electron chi connectivity index (χ2n) is 6.42. The maximum atomic E-state index is 12.6. The van der Waals surface area contributed by atoms with Gasteiger partial charge in [0.05, 0.1) is 9.79 Å². The SMILES string of the molecule is Cc1ccc(NS(=O)(=O)c2cccc(S(=O)(=O)Nc3ccc(C)cc3)c2)cc1. The van der Waals surface area contributed by atoms with Crippen LogP contribution in [0, 0.1) is 13.8 Å². The monoisotopic (exact) mass is 416 g/mol. The number of benzene rings is 3. The zero-order valence-electron chi connectivity index (χ0n) is 15.4. The summed E-state index contributed by atoms with van der Waals surface area (Å²) in [4.78, 5) is -0.278. The molecule has 0 aliphatic heterocycles. The first kappa shape index (κ1) is 19.9. The van der Waals surface area contributed by atoms with Crippen molar-refractivity contribution in [2.75, 3.05) is 9.44 Å². The third-order valence-electron chi connectivity index (χ3n) is 4.03. The minimum atomic E-state index is -3.93. The Morgan fingerprint density at radius 3 is 1.29 bits per heavy atom. The van der Waals surface area contributed by atoms with Gasteiger partial charge in [0.1, 0.15) is 0 Å². The Hall–Kier alpha value is -2.84. The molecule has 0 unspecified atom stereocenters. The van der Waals surface area contributed by atoms with Crippen molar-refractivity contribution in [1.82, 2.24) is 0 Å². The van der Waals surface area contributed by atoms with Gasteiger partial charge in [-0.05, 0) is 56.3 Å². The molecule has 6 nitrogen and oxygen atoms in total. The number of sulfonamides is 2. The van der Waals surface area contributed by atoms with Crippen LogP contribution in [0.25, 0.3) is 0 Å². The first-order chi connectivity index (χ1) is 13.2. The lowest BCUT2D eigenvalue weighted by Crippen LogP contribution is -2.16. The second-order valence-corrected chi connectivity index (χ2v) is 9.78. The summed E-state index contributed by atoms with van der Waals surface area (Å²) in [6.07, 6.45) is 0. The number of hydrogen-bond donors (Lipinski definition) is 2. The van der Waals surface area contributed by atoms with Gasteiger partial charge in [0.15, 0.2) is 0 Å². The minimum Gasteiger partial charge on any atom is -0.280 e. The molecule has 146 valence electrons. The van der Waals surface area contributed by atoms with E-state index in [0.717, 1.165) is 17.2 Å². The van der Waals surface area contributed by atoms with Gasteiger partial charge in [-0.3, -0.25) is 9.44 Å². The molecule has 0 saturated carbocycles. The van der Waals surface area contributed by atoms with Gasteiger partial charge in [0.2, 0.25) is 0 Å². The molecule has 3 aromatic carbocycles. The van der Waals surface area contributed by atoms with Gasteiger partial charge in [-0.25, -0.2) is 16.8 Å². The molecule has 0 spiro atoms. The molecule has 0 bridgehead atoms. The standard InChI is InChI=1S/C20H20N2O4S2/c1-15-6-10-17(11-7-15)21-27(23,24)19-4-3-5-20(14-19)28(25,26)22-18-12-8-16(2)9-13-18/h3-14,21-22H,1-2H3. The van der Waals surface area contributed by atoms with E-state index >= 15 is 0 Å². The molecule has 8 heteroatoms. The Bertz CT molecular complexity index is 1090. The van der Waals surface area contributed by atoms with Crippen molar-refractivity contribution in [3.63, 3.8) is 0 Å². The lowest BCUT2D eigenvalue weighted by Gasteiger charge is -2.11. The molecular weight excluding hydrogens is 396 g/mol. The molecule has 0 atom stereocenters. The van der Waals surface area contributed by atoms with Crippen LogP contribution in [0.2, 0.25) is 0 Å². The molecule has 0 aromatic heterocycles. The predicted octanol–water partition coefficient (Wildman–Crippen LogP) is 3.91. The van der Waals surface area contributed by atoms with Gasteiger partial charge in [-0.15, -0.1) is 0 Å². The zero-order chi connectivity index (χ0) is 20.4. The molecule has 0 fully saturated rings. The van der Waals surface area contributed by atoms with Crippen LogP contribution in [0.1, 0.15) is 11.1 Å².